The highest BCUT2D eigenvalue weighted by Crippen LogP contribution is 2.30. The van der Waals surface area contributed by atoms with Crippen LogP contribution >= 0.6 is 0 Å². The third-order valence-electron chi connectivity index (χ3n) is 5.51. The molecule has 0 radical (unpaired) electrons. The molecule has 2 heterocycles. The minimum atomic E-state index is -0.248. The number of amides is 1. The Balaban J connectivity index is 1.25. The molecule has 2 fully saturated rings. The van der Waals surface area contributed by atoms with Gasteiger partial charge in [0.1, 0.15) is 5.82 Å². The zero-order valence-corrected chi connectivity index (χ0v) is 15.3. The number of rotatable bonds is 5. The summed E-state index contributed by atoms with van der Waals surface area (Å²) in [4.78, 5) is 14.7. The number of ether oxygens (including phenoxy) is 1. The van der Waals surface area contributed by atoms with Gasteiger partial charge in [-0.25, -0.2) is 4.39 Å². The van der Waals surface area contributed by atoms with Crippen LogP contribution < -0.4 is 5.32 Å². The number of nitrogens with zero attached hydrogens (tertiary/aromatic N) is 1. The van der Waals surface area contributed by atoms with Crippen LogP contribution in [-0.2, 0) is 16.0 Å². The summed E-state index contributed by atoms with van der Waals surface area (Å²) in [6.07, 6.45) is 2.10. The largest absolute Gasteiger partial charge is 0.371 e. The lowest BCUT2D eigenvalue weighted by Crippen LogP contribution is -2.43. The van der Waals surface area contributed by atoms with Gasteiger partial charge in [-0.05, 0) is 36.1 Å². The van der Waals surface area contributed by atoms with Gasteiger partial charge < -0.3 is 10.1 Å². The predicted octanol–water partition coefficient (Wildman–Crippen LogP) is 3.09. The number of benzene rings is 2. The first-order valence-corrected chi connectivity index (χ1v) is 9.62. The van der Waals surface area contributed by atoms with Crippen LogP contribution in [0.5, 0.6) is 0 Å². The number of halogens is 1. The molecule has 0 spiro atoms. The molecule has 0 aromatic heterocycles. The molecule has 1 N–H and O–H groups in total. The van der Waals surface area contributed by atoms with E-state index >= 15 is 0 Å². The lowest BCUT2D eigenvalue weighted by Gasteiger charge is -2.35. The second-order valence-corrected chi connectivity index (χ2v) is 7.47. The summed E-state index contributed by atoms with van der Waals surface area (Å²) in [6.45, 7) is 2.46. The summed E-state index contributed by atoms with van der Waals surface area (Å²) in [5.74, 6) is -0.188. The van der Waals surface area contributed by atoms with Gasteiger partial charge in [0.25, 0.3) is 0 Å². The fraction of sp³-hybridized carbons (Fsp3) is 0.409. The summed E-state index contributed by atoms with van der Waals surface area (Å²) in [5, 5.41) is 3.16. The molecule has 2 aromatic carbocycles. The van der Waals surface area contributed by atoms with Gasteiger partial charge in [-0.3, -0.25) is 9.69 Å². The van der Waals surface area contributed by atoms with Gasteiger partial charge in [0.15, 0.2) is 0 Å². The zero-order chi connectivity index (χ0) is 18.6. The number of carbonyl (C=O) groups is 1. The number of hydrogen-bond acceptors (Lipinski definition) is 3. The highest BCUT2D eigenvalue weighted by atomic mass is 19.1. The van der Waals surface area contributed by atoms with Crippen molar-refractivity contribution in [3.05, 3.63) is 71.5 Å². The van der Waals surface area contributed by atoms with Crippen LogP contribution in [0.3, 0.4) is 0 Å². The highest BCUT2D eigenvalue weighted by molar-refractivity contribution is 5.76. The smallest absolute Gasteiger partial charge is 0.220 e. The van der Waals surface area contributed by atoms with Crippen LogP contribution in [0.2, 0.25) is 0 Å². The van der Waals surface area contributed by atoms with E-state index in [1.54, 1.807) is 12.1 Å². The Morgan fingerprint density at radius 3 is 2.67 bits per heavy atom. The summed E-state index contributed by atoms with van der Waals surface area (Å²) in [6, 6.07) is 17.2. The van der Waals surface area contributed by atoms with Gasteiger partial charge in [-0.2, -0.15) is 0 Å². The third kappa shape index (κ3) is 4.54. The quantitative estimate of drug-likeness (QED) is 0.882. The Labute approximate surface area is 159 Å². The topological polar surface area (TPSA) is 41.6 Å². The van der Waals surface area contributed by atoms with Gasteiger partial charge in [-0.1, -0.05) is 42.5 Å². The molecule has 142 valence electrons. The van der Waals surface area contributed by atoms with E-state index in [9.17, 15) is 9.18 Å². The maximum Gasteiger partial charge on any atom is 0.220 e. The number of carbonyl (C=O) groups excluding carboxylic acids is 1. The number of morpholine rings is 1. The van der Waals surface area contributed by atoms with Crippen LogP contribution in [-0.4, -0.2) is 42.6 Å². The lowest BCUT2D eigenvalue weighted by molar-refractivity contribution is -0.121. The zero-order valence-electron chi connectivity index (χ0n) is 15.3. The molecule has 2 aromatic rings. The number of hydrogen-bond donors (Lipinski definition) is 1. The Kier molecular flexibility index (Phi) is 5.50. The molecule has 0 saturated carbocycles. The monoisotopic (exact) mass is 368 g/mol. The molecule has 4 nitrogen and oxygen atoms in total. The minimum absolute atomic E-state index is 0.0599. The van der Waals surface area contributed by atoms with Crippen LogP contribution in [0.4, 0.5) is 4.39 Å². The molecule has 0 aliphatic carbocycles. The van der Waals surface area contributed by atoms with Crippen LogP contribution in [0.1, 0.15) is 30.1 Å². The minimum Gasteiger partial charge on any atom is -0.371 e. The summed E-state index contributed by atoms with van der Waals surface area (Å²) < 4.78 is 19.0. The van der Waals surface area contributed by atoms with Crippen molar-refractivity contribution in [3.8, 4) is 0 Å². The molecule has 27 heavy (non-hydrogen) atoms. The average molecular weight is 368 g/mol. The van der Waals surface area contributed by atoms with Crippen LogP contribution in [0.25, 0.3) is 0 Å². The van der Waals surface area contributed by atoms with Crippen LogP contribution in [0, 0.1) is 5.82 Å². The van der Waals surface area contributed by atoms with Crippen molar-refractivity contribution in [1.29, 1.82) is 0 Å². The first kappa shape index (κ1) is 18.1. The maximum atomic E-state index is 12.9. The number of aryl methyl sites for hydroxylation is 1. The second kappa shape index (κ2) is 8.19. The molecule has 4 rings (SSSR count). The normalized spacial score (nSPS) is 25.1. The van der Waals surface area contributed by atoms with E-state index < -0.39 is 0 Å². The molecule has 2 saturated heterocycles. The molecule has 3 atom stereocenters. The lowest BCUT2D eigenvalue weighted by atomic mass is 10.1. The van der Waals surface area contributed by atoms with Crippen molar-refractivity contribution in [2.75, 3.05) is 19.7 Å². The molecule has 2 aliphatic heterocycles. The van der Waals surface area contributed by atoms with Gasteiger partial charge >= 0.3 is 0 Å². The van der Waals surface area contributed by atoms with E-state index in [1.807, 2.05) is 18.2 Å². The number of nitrogens with one attached hydrogen (secondary N) is 1. The van der Waals surface area contributed by atoms with E-state index in [2.05, 4.69) is 22.3 Å². The fourth-order valence-electron chi connectivity index (χ4n) is 4.06. The van der Waals surface area contributed by atoms with Crippen molar-refractivity contribution in [3.63, 3.8) is 0 Å². The molecular formula is C22H25FN2O2. The Bertz CT molecular complexity index is 766. The first-order valence-electron chi connectivity index (χ1n) is 9.62. The summed E-state index contributed by atoms with van der Waals surface area (Å²) in [5.41, 5.74) is 2.19. The second-order valence-electron chi connectivity index (χ2n) is 7.47. The van der Waals surface area contributed by atoms with Gasteiger partial charge in [0.2, 0.25) is 5.91 Å². The first-order chi connectivity index (χ1) is 13.2. The fourth-order valence-corrected chi connectivity index (χ4v) is 4.06. The highest BCUT2D eigenvalue weighted by Gasteiger charge is 2.38. The van der Waals surface area contributed by atoms with E-state index in [0.29, 0.717) is 25.5 Å². The van der Waals surface area contributed by atoms with E-state index in [4.69, 9.17) is 4.74 Å². The molecule has 0 bridgehead atoms. The third-order valence-corrected chi connectivity index (χ3v) is 5.51. The molecular weight excluding hydrogens is 343 g/mol. The Hall–Kier alpha value is -2.24. The Morgan fingerprint density at radius 1 is 1.11 bits per heavy atom. The predicted molar refractivity (Wildman–Crippen MR) is 102 cm³/mol. The Morgan fingerprint density at radius 2 is 1.89 bits per heavy atom. The maximum absolute atomic E-state index is 12.9. The molecule has 2 aliphatic rings. The van der Waals surface area contributed by atoms with Gasteiger partial charge in [0, 0.05) is 31.6 Å². The number of fused-ring (bicyclic) bond motifs is 1. The van der Waals surface area contributed by atoms with Crippen molar-refractivity contribution in [1.82, 2.24) is 10.2 Å². The van der Waals surface area contributed by atoms with Crippen molar-refractivity contribution < 1.29 is 13.9 Å². The molecule has 0 unspecified atom stereocenters. The summed E-state index contributed by atoms with van der Waals surface area (Å²) in [7, 11) is 0. The van der Waals surface area contributed by atoms with Crippen molar-refractivity contribution in [2.45, 2.75) is 37.5 Å². The van der Waals surface area contributed by atoms with Crippen molar-refractivity contribution >= 4 is 5.91 Å². The van der Waals surface area contributed by atoms with E-state index in [0.717, 1.165) is 25.1 Å². The average Bonchev–Trinajstić information content (AvgIpc) is 3.09. The van der Waals surface area contributed by atoms with Crippen LogP contribution in [0.15, 0.2) is 54.6 Å². The van der Waals surface area contributed by atoms with E-state index in [-0.39, 0.29) is 23.9 Å². The summed E-state index contributed by atoms with van der Waals surface area (Å²) >= 11 is 0. The molecule has 1 amide bonds. The van der Waals surface area contributed by atoms with E-state index in [1.165, 1.54) is 17.7 Å². The SMILES string of the molecule is O=C(CCc1ccc(F)cc1)N[C@@H]1C[C@H]2CO[C@@H](c3ccccc3)CN2C1. The standard InChI is InChI=1S/C22H25FN2O2/c23-18-9-6-16(7-10-18)8-11-22(26)24-19-12-20-15-27-21(14-25(20)13-19)17-4-2-1-3-5-17/h1-7,9-10,19-21H,8,11-15H2,(H,24,26)/t19-,20+,21-/m1/s1. The van der Waals surface area contributed by atoms with Crippen molar-refractivity contribution in [2.24, 2.45) is 0 Å². The van der Waals surface area contributed by atoms with Gasteiger partial charge in [-0.15, -0.1) is 0 Å². The molecule has 5 heteroatoms. The van der Waals surface area contributed by atoms with Gasteiger partial charge in [0.05, 0.1) is 12.7 Å².